The van der Waals surface area contributed by atoms with Crippen molar-refractivity contribution in [3.8, 4) is 0 Å². The lowest BCUT2D eigenvalue weighted by Gasteiger charge is -1.97. The van der Waals surface area contributed by atoms with E-state index in [4.69, 9.17) is 5.11 Å². The predicted octanol–water partition coefficient (Wildman–Crippen LogP) is 0.792. The van der Waals surface area contributed by atoms with Crippen LogP contribution in [0.1, 0.15) is 21.7 Å². The first-order valence-corrected chi connectivity index (χ1v) is 3.15. The van der Waals surface area contributed by atoms with E-state index in [-0.39, 0.29) is 5.69 Å². The first-order valence-electron chi connectivity index (χ1n) is 3.15. The van der Waals surface area contributed by atoms with Gasteiger partial charge in [-0.25, -0.2) is 4.79 Å². The lowest BCUT2D eigenvalue weighted by atomic mass is 10.2. The highest BCUT2D eigenvalue weighted by molar-refractivity contribution is 5.86. The van der Waals surface area contributed by atoms with Crippen LogP contribution in [0.5, 0.6) is 0 Å². The molecule has 0 amide bonds. The van der Waals surface area contributed by atoms with Crippen LogP contribution in [-0.2, 0) is 0 Å². The summed E-state index contributed by atoms with van der Waals surface area (Å²) in [5.41, 5.74) is 1.40. The van der Waals surface area contributed by atoms with E-state index in [0.717, 1.165) is 5.69 Å². The second-order valence-corrected chi connectivity index (χ2v) is 2.32. The van der Waals surface area contributed by atoms with Gasteiger partial charge in [-0.1, -0.05) is 0 Å². The number of aromatic nitrogens is 2. The molecule has 0 unspecified atom stereocenters. The molecule has 0 saturated heterocycles. The van der Waals surface area contributed by atoms with Gasteiger partial charge in [-0.05, 0) is 25.5 Å². The summed E-state index contributed by atoms with van der Waals surface area (Å²) in [7, 11) is 0. The molecule has 0 atom stereocenters. The summed E-state index contributed by atoms with van der Waals surface area (Å²) in [4.78, 5) is 10.4. The number of carbonyl (C=O) groups is 1. The summed E-state index contributed by atoms with van der Waals surface area (Å²) in [6, 6.07) is 1.69. The van der Waals surface area contributed by atoms with Gasteiger partial charge >= 0.3 is 5.97 Å². The number of aryl methyl sites for hydroxylation is 2. The van der Waals surface area contributed by atoms with Crippen molar-refractivity contribution in [3.63, 3.8) is 0 Å². The summed E-state index contributed by atoms with van der Waals surface area (Å²) < 4.78 is 0. The Kier molecular flexibility index (Phi) is 1.85. The molecule has 0 spiro atoms. The second-order valence-electron chi connectivity index (χ2n) is 2.32. The number of carboxylic acids is 1. The van der Waals surface area contributed by atoms with Crippen molar-refractivity contribution in [1.29, 1.82) is 0 Å². The fraction of sp³-hybridized carbons (Fsp3) is 0.286. The Balaban J connectivity index is 3.20. The molecule has 0 saturated carbocycles. The number of nitrogens with zero attached hydrogens (tertiary/aromatic N) is 2. The molecule has 0 aromatic carbocycles. The van der Waals surface area contributed by atoms with E-state index in [9.17, 15) is 4.79 Å². The van der Waals surface area contributed by atoms with Crippen LogP contribution in [-0.4, -0.2) is 21.3 Å². The van der Waals surface area contributed by atoms with E-state index in [1.165, 1.54) is 0 Å². The zero-order chi connectivity index (χ0) is 8.43. The lowest BCUT2D eigenvalue weighted by Crippen LogP contribution is -2.05. The Morgan fingerprint density at radius 1 is 1.45 bits per heavy atom. The Labute approximate surface area is 63.9 Å². The molecule has 0 aliphatic carbocycles. The van der Waals surface area contributed by atoms with Gasteiger partial charge in [-0.3, -0.25) is 0 Å². The molecule has 58 valence electrons. The normalized spacial score (nSPS) is 9.64. The monoisotopic (exact) mass is 152 g/mol. The third kappa shape index (κ3) is 1.52. The van der Waals surface area contributed by atoms with Gasteiger partial charge in [0.25, 0.3) is 0 Å². The molecule has 0 aliphatic rings. The van der Waals surface area contributed by atoms with Crippen molar-refractivity contribution in [2.24, 2.45) is 0 Å². The van der Waals surface area contributed by atoms with E-state index >= 15 is 0 Å². The van der Waals surface area contributed by atoms with Gasteiger partial charge in [-0.2, -0.15) is 5.10 Å². The molecule has 0 fully saturated rings. The number of rotatable bonds is 1. The van der Waals surface area contributed by atoms with Gasteiger partial charge in [-0.15, -0.1) is 5.10 Å². The highest BCUT2D eigenvalue weighted by Crippen LogP contribution is 2.03. The average Bonchev–Trinajstić information content (AvgIpc) is 1.85. The van der Waals surface area contributed by atoms with Crippen LogP contribution in [0, 0.1) is 13.8 Å². The summed E-state index contributed by atoms with van der Waals surface area (Å²) in [6.45, 7) is 3.47. The van der Waals surface area contributed by atoms with Crippen LogP contribution in [0.2, 0.25) is 0 Å². The van der Waals surface area contributed by atoms with Crippen LogP contribution in [0.4, 0.5) is 0 Å². The summed E-state index contributed by atoms with van der Waals surface area (Å²) in [6.07, 6.45) is 0. The Bertz CT molecular complexity index is 296. The topological polar surface area (TPSA) is 63.1 Å². The van der Waals surface area contributed by atoms with Crippen molar-refractivity contribution in [1.82, 2.24) is 10.2 Å². The maximum absolute atomic E-state index is 10.4. The van der Waals surface area contributed by atoms with E-state index < -0.39 is 5.97 Å². The molecule has 1 heterocycles. The molecule has 0 aliphatic heterocycles. The van der Waals surface area contributed by atoms with Crippen molar-refractivity contribution in [3.05, 3.63) is 23.0 Å². The zero-order valence-electron chi connectivity index (χ0n) is 6.33. The van der Waals surface area contributed by atoms with E-state index in [1.54, 1.807) is 19.9 Å². The number of aromatic carboxylic acids is 1. The highest BCUT2D eigenvalue weighted by Gasteiger charge is 2.08. The smallest absolute Gasteiger partial charge is 0.356 e. The predicted molar refractivity (Wildman–Crippen MR) is 38.5 cm³/mol. The molecular weight excluding hydrogens is 144 g/mol. The molecule has 4 heteroatoms. The largest absolute Gasteiger partial charge is 0.476 e. The maximum atomic E-state index is 10.4. The van der Waals surface area contributed by atoms with Gasteiger partial charge in [0, 0.05) is 0 Å². The minimum Gasteiger partial charge on any atom is -0.476 e. The fourth-order valence-electron chi connectivity index (χ4n) is 0.830. The van der Waals surface area contributed by atoms with E-state index in [0.29, 0.717) is 5.56 Å². The molecule has 11 heavy (non-hydrogen) atoms. The molecule has 1 aromatic heterocycles. The maximum Gasteiger partial charge on any atom is 0.356 e. The molecule has 1 N–H and O–H groups in total. The van der Waals surface area contributed by atoms with Gasteiger partial charge in [0.1, 0.15) is 0 Å². The number of hydrogen-bond donors (Lipinski definition) is 1. The zero-order valence-corrected chi connectivity index (χ0v) is 6.33. The third-order valence-electron chi connectivity index (χ3n) is 1.31. The Hall–Kier alpha value is -1.45. The fourth-order valence-corrected chi connectivity index (χ4v) is 0.830. The third-order valence-corrected chi connectivity index (χ3v) is 1.31. The van der Waals surface area contributed by atoms with Crippen LogP contribution in [0.25, 0.3) is 0 Å². The quantitative estimate of drug-likeness (QED) is 0.646. The minimum absolute atomic E-state index is 0.0237. The van der Waals surface area contributed by atoms with Crippen LogP contribution >= 0.6 is 0 Å². The minimum atomic E-state index is -1.03. The highest BCUT2D eigenvalue weighted by atomic mass is 16.4. The molecular formula is C7H8N2O2. The molecule has 4 nitrogen and oxygen atoms in total. The molecule has 1 rings (SSSR count). The lowest BCUT2D eigenvalue weighted by molar-refractivity contribution is 0.0688. The van der Waals surface area contributed by atoms with Crippen molar-refractivity contribution in [2.75, 3.05) is 0 Å². The average molecular weight is 152 g/mol. The molecule has 1 aromatic rings. The second kappa shape index (κ2) is 2.65. The summed E-state index contributed by atoms with van der Waals surface area (Å²) in [5.74, 6) is -1.03. The SMILES string of the molecule is Cc1cc(C)c(C(=O)O)nn1. The summed E-state index contributed by atoms with van der Waals surface area (Å²) in [5, 5.41) is 15.7. The standard InChI is InChI=1S/C7H8N2O2/c1-4-3-5(2)8-9-6(4)7(10)11/h3H,1-2H3,(H,10,11). The number of carboxylic acid groups (broad SMARTS) is 1. The summed E-state index contributed by atoms with van der Waals surface area (Å²) >= 11 is 0. The first kappa shape index (κ1) is 7.65. The molecule has 0 radical (unpaired) electrons. The Morgan fingerprint density at radius 2 is 2.09 bits per heavy atom. The van der Waals surface area contributed by atoms with Gasteiger partial charge < -0.3 is 5.11 Å². The van der Waals surface area contributed by atoms with E-state index in [2.05, 4.69) is 10.2 Å². The Morgan fingerprint density at radius 3 is 2.55 bits per heavy atom. The van der Waals surface area contributed by atoms with Crippen LogP contribution in [0.3, 0.4) is 0 Å². The van der Waals surface area contributed by atoms with Gasteiger partial charge in [0.05, 0.1) is 5.69 Å². The van der Waals surface area contributed by atoms with Crippen molar-refractivity contribution < 1.29 is 9.90 Å². The van der Waals surface area contributed by atoms with Crippen LogP contribution < -0.4 is 0 Å². The molecule has 0 bridgehead atoms. The van der Waals surface area contributed by atoms with E-state index in [1.807, 2.05) is 0 Å². The van der Waals surface area contributed by atoms with Gasteiger partial charge in [0.15, 0.2) is 5.69 Å². The van der Waals surface area contributed by atoms with Crippen LogP contribution in [0.15, 0.2) is 6.07 Å². The number of hydrogen-bond acceptors (Lipinski definition) is 3. The first-order chi connectivity index (χ1) is 5.11. The van der Waals surface area contributed by atoms with Gasteiger partial charge in [0.2, 0.25) is 0 Å². The van der Waals surface area contributed by atoms with Crippen molar-refractivity contribution >= 4 is 5.97 Å². The van der Waals surface area contributed by atoms with Crippen molar-refractivity contribution in [2.45, 2.75) is 13.8 Å².